The molecule has 6 unspecified atom stereocenters. The number of hydrogen-bond donors (Lipinski definition) is 0. The van der Waals surface area contributed by atoms with E-state index in [1.165, 1.54) is 7.05 Å². The Morgan fingerprint density at radius 2 is 1.44 bits per heavy atom. The summed E-state index contributed by atoms with van der Waals surface area (Å²) in [5.41, 5.74) is -1.18. The molecule has 0 saturated carbocycles. The lowest BCUT2D eigenvalue weighted by Crippen LogP contribution is -2.53. The van der Waals surface area contributed by atoms with Gasteiger partial charge >= 0.3 is 5.97 Å². The fraction of sp³-hybridized carbons (Fsp3) is 0.833. The zero-order chi connectivity index (χ0) is 18.9. The number of carbonyl (C=O) groups is 3. The lowest BCUT2D eigenvalue weighted by atomic mass is 9.77. The number of carbonyl (C=O) groups excluding carboxylic acids is 3. The number of rotatable bonds is 2. The molecular formula is C18H27NO6. The van der Waals surface area contributed by atoms with Crippen LogP contribution in [0, 0.1) is 17.3 Å². The van der Waals surface area contributed by atoms with Gasteiger partial charge in [-0.15, -0.1) is 0 Å². The van der Waals surface area contributed by atoms with Gasteiger partial charge in [-0.1, -0.05) is 0 Å². The van der Waals surface area contributed by atoms with Crippen LogP contribution in [0.2, 0.25) is 0 Å². The first-order valence-electron chi connectivity index (χ1n) is 8.69. The Bertz CT molecular complexity index is 616. The van der Waals surface area contributed by atoms with Gasteiger partial charge in [-0.25, -0.2) is 0 Å². The minimum Gasteiger partial charge on any atom is -0.456 e. The highest BCUT2D eigenvalue weighted by atomic mass is 16.6. The normalized spacial score (nSPS) is 37.6. The van der Waals surface area contributed by atoms with E-state index in [4.69, 9.17) is 14.2 Å². The number of imide groups is 1. The fourth-order valence-electron chi connectivity index (χ4n) is 3.82. The molecule has 7 heteroatoms. The lowest BCUT2D eigenvalue weighted by Gasteiger charge is -2.37. The molecule has 140 valence electrons. The molecule has 3 rings (SSSR count). The SMILES string of the molecule is CN1C(=O)C2C3OC(C(OC(C)(C)C)C3OC(=O)C(C)(C)C)C2C1=O. The molecule has 25 heavy (non-hydrogen) atoms. The van der Waals surface area contributed by atoms with Gasteiger partial charge in [-0.05, 0) is 41.5 Å². The van der Waals surface area contributed by atoms with Crippen LogP contribution in [0.4, 0.5) is 0 Å². The van der Waals surface area contributed by atoms with Crippen LogP contribution in [0.3, 0.4) is 0 Å². The third kappa shape index (κ3) is 2.87. The van der Waals surface area contributed by atoms with Gasteiger partial charge in [0.15, 0.2) is 6.10 Å². The summed E-state index contributed by atoms with van der Waals surface area (Å²) < 4.78 is 17.8. The van der Waals surface area contributed by atoms with Crippen LogP contribution < -0.4 is 0 Å². The highest BCUT2D eigenvalue weighted by Gasteiger charge is 2.70. The second-order valence-corrected chi connectivity index (χ2v) is 9.17. The molecule has 0 aromatic heterocycles. The first-order valence-corrected chi connectivity index (χ1v) is 8.69. The summed E-state index contributed by atoms with van der Waals surface area (Å²) in [7, 11) is 1.48. The molecule has 3 saturated heterocycles. The Kier molecular flexibility index (Phi) is 4.04. The number of nitrogens with zero attached hydrogens (tertiary/aromatic N) is 1. The number of esters is 1. The van der Waals surface area contributed by atoms with Crippen molar-refractivity contribution in [2.75, 3.05) is 7.05 Å². The monoisotopic (exact) mass is 353 g/mol. The van der Waals surface area contributed by atoms with Gasteiger partial charge in [0.1, 0.15) is 18.3 Å². The summed E-state index contributed by atoms with van der Waals surface area (Å²) in [6.07, 6.45) is -2.48. The van der Waals surface area contributed by atoms with E-state index >= 15 is 0 Å². The summed E-state index contributed by atoms with van der Waals surface area (Å²) in [5, 5.41) is 0. The van der Waals surface area contributed by atoms with E-state index in [0.717, 1.165) is 4.90 Å². The van der Waals surface area contributed by atoms with Crippen molar-refractivity contribution in [1.82, 2.24) is 4.90 Å². The molecule has 0 aliphatic carbocycles. The van der Waals surface area contributed by atoms with E-state index in [-0.39, 0.29) is 17.8 Å². The maximum atomic E-state index is 12.5. The molecular weight excluding hydrogens is 326 g/mol. The van der Waals surface area contributed by atoms with E-state index in [0.29, 0.717) is 0 Å². The van der Waals surface area contributed by atoms with Crippen molar-refractivity contribution >= 4 is 17.8 Å². The zero-order valence-electron chi connectivity index (χ0n) is 15.9. The lowest BCUT2D eigenvalue weighted by molar-refractivity contribution is -0.180. The Hall–Kier alpha value is -1.47. The third-order valence-corrected chi connectivity index (χ3v) is 4.96. The van der Waals surface area contributed by atoms with E-state index in [1.54, 1.807) is 20.8 Å². The van der Waals surface area contributed by atoms with Crippen LogP contribution in [-0.2, 0) is 28.6 Å². The predicted molar refractivity (Wildman–Crippen MR) is 87.4 cm³/mol. The molecule has 3 fully saturated rings. The highest BCUT2D eigenvalue weighted by molar-refractivity contribution is 6.06. The minimum absolute atomic E-state index is 0.245. The van der Waals surface area contributed by atoms with Gasteiger partial charge < -0.3 is 14.2 Å². The zero-order valence-corrected chi connectivity index (χ0v) is 15.9. The molecule has 0 aromatic rings. The number of hydrogen-bond acceptors (Lipinski definition) is 6. The first kappa shape index (κ1) is 18.3. The smallest absolute Gasteiger partial charge is 0.311 e. The Morgan fingerprint density at radius 1 is 0.960 bits per heavy atom. The second-order valence-electron chi connectivity index (χ2n) is 9.17. The molecule has 3 heterocycles. The molecule has 7 nitrogen and oxygen atoms in total. The van der Waals surface area contributed by atoms with Crippen molar-refractivity contribution < 1.29 is 28.6 Å². The molecule has 0 N–H and O–H groups in total. The van der Waals surface area contributed by atoms with Crippen molar-refractivity contribution in [2.45, 2.75) is 71.6 Å². The van der Waals surface area contributed by atoms with Crippen LogP contribution in [0.5, 0.6) is 0 Å². The van der Waals surface area contributed by atoms with Gasteiger partial charge in [0.05, 0.1) is 22.9 Å². The standard InChI is InChI=1S/C18H27NO6/c1-17(2,3)16(22)24-12-10-8-9(15(21)19(7)14(8)20)11(23-10)13(12)25-18(4,5)6/h8-13H,1-7H3. The predicted octanol–water partition coefficient (Wildman–Crippen LogP) is 1.14. The Labute approximate surface area is 148 Å². The third-order valence-electron chi connectivity index (χ3n) is 4.96. The molecule has 6 atom stereocenters. The molecule has 3 aliphatic heterocycles. The minimum atomic E-state index is -0.694. The van der Waals surface area contributed by atoms with E-state index in [2.05, 4.69) is 0 Å². The number of ether oxygens (including phenoxy) is 3. The van der Waals surface area contributed by atoms with Crippen LogP contribution >= 0.6 is 0 Å². The van der Waals surface area contributed by atoms with Crippen LogP contribution in [0.25, 0.3) is 0 Å². The summed E-state index contributed by atoms with van der Waals surface area (Å²) in [4.78, 5) is 38.5. The maximum Gasteiger partial charge on any atom is 0.311 e. The Balaban J connectivity index is 1.92. The van der Waals surface area contributed by atoms with Crippen molar-refractivity contribution in [3.63, 3.8) is 0 Å². The van der Waals surface area contributed by atoms with Gasteiger partial charge in [0, 0.05) is 7.05 Å². The molecule has 0 radical (unpaired) electrons. The van der Waals surface area contributed by atoms with Crippen LogP contribution in [0.15, 0.2) is 0 Å². The summed E-state index contributed by atoms with van der Waals surface area (Å²) in [6, 6.07) is 0. The van der Waals surface area contributed by atoms with Crippen molar-refractivity contribution in [1.29, 1.82) is 0 Å². The van der Waals surface area contributed by atoms with Gasteiger partial charge in [0.25, 0.3) is 0 Å². The van der Waals surface area contributed by atoms with Gasteiger partial charge in [-0.2, -0.15) is 0 Å². The quantitative estimate of drug-likeness (QED) is 0.547. The van der Waals surface area contributed by atoms with Gasteiger partial charge in [-0.3, -0.25) is 19.3 Å². The van der Waals surface area contributed by atoms with Crippen molar-refractivity contribution in [3.05, 3.63) is 0 Å². The van der Waals surface area contributed by atoms with E-state index in [9.17, 15) is 14.4 Å². The largest absolute Gasteiger partial charge is 0.456 e. The number of amides is 2. The molecule has 3 aliphatic rings. The Morgan fingerprint density at radius 3 is 1.88 bits per heavy atom. The van der Waals surface area contributed by atoms with Crippen LogP contribution in [-0.4, -0.2) is 59.7 Å². The summed E-state index contributed by atoms with van der Waals surface area (Å²) in [6.45, 7) is 11.0. The molecule has 0 spiro atoms. The number of likely N-dealkylation sites (tertiary alicyclic amines) is 1. The first-order chi connectivity index (χ1) is 11.3. The molecule has 0 aromatic carbocycles. The van der Waals surface area contributed by atoms with E-state index < -0.39 is 47.3 Å². The summed E-state index contributed by atoms with van der Waals surface area (Å²) >= 11 is 0. The topological polar surface area (TPSA) is 82.1 Å². The van der Waals surface area contributed by atoms with Crippen molar-refractivity contribution in [2.24, 2.45) is 17.3 Å². The maximum absolute atomic E-state index is 12.5. The number of fused-ring (bicyclic) bond motifs is 5. The average Bonchev–Trinajstić information content (AvgIpc) is 3.05. The second kappa shape index (κ2) is 5.51. The molecule has 2 bridgehead atoms. The average molecular weight is 353 g/mol. The van der Waals surface area contributed by atoms with Crippen molar-refractivity contribution in [3.8, 4) is 0 Å². The van der Waals surface area contributed by atoms with Crippen LogP contribution in [0.1, 0.15) is 41.5 Å². The highest BCUT2D eigenvalue weighted by Crippen LogP contribution is 2.51. The fourth-order valence-corrected chi connectivity index (χ4v) is 3.82. The summed E-state index contributed by atoms with van der Waals surface area (Å²) in [5.74, 6) is -2.04. The molecule has 2 amide bonds. The van der Waals surface area contributed by atoms with Gasteiger partial charge in [0.2, 0.25) is 11.8 Å². The van der Waals surface area contributed by atoms with E-state index in [1.807, 2.05) is 20.8 Å².